The molecule has 0 fully saturated rings. The number of nitrogens with zero attached hydrogens (tertiary/aromatic N) is 3. The molecule has 0 aliphatic heterocycles. The Morgan fingerprint density at radius 2 is 1.86 bits per heavy atom. The van der Waals surface area contributed by atoms with E-state index in [9.17, 15) is 20.0 Å². The zero-order valence-corrected chi connectivity index (χ0v) is 19.0. The van der Waals surface area contributed by atoms with Crippen LogP contribution in [-0.2, 0) is 0 Å². The maximum atomic E-state index is 13.0. The molecule has 1 aromatic heterocycles. The van der Waals surface area contributed by atoms with E-state index in [4.69, 9.17) is 4.74 Å². The number of nitro benzene ring substituents is 1. The summed E-state index contributed by atoms with van der Waals surface area (Å²) in [6.07, 6.45) is 1.21. The number of aromatic hydroxyl groups is 1. The van der Waals surface area contributed by atoms with Gasteiger partial charge in [-0.15, -0.1) is 0 Å². The normalized spacial score (nSPS) is 11.2. The SMILES string of the molecule is CC(C)Oc1ccc(-c2cc(C(=O)N/N=C/c3cc([N+](=O)[O-])ccc3O)c3ccccc3n2)cc1. The standard InChI is InChI=1S/C26H22N4O5/c1-16(2)35-20-10-7-17(8-11-20)24-14-22(21-5-3-4-6-23(21)28-24)26(32)29-27-15-18-13-19(30(33)34)9-12-25(18)31/h3-16,31H,1-2H3,(H,29,32)/b27-15+. The first-order chi connectivity index (χ1) is 16.8. The summed E-state index contributed by atoms with van der Waals surface area (Å²) in [5.74, 6) is 0.0437. The molecule has 0 bridgehead atoms. The van der Waals surface area contributed by atoms with Crippen molar-refractivity contribution in [2.75, 3.05) is 0 Å². The van der Waals surface area contributed by atoms with Gasteiger partial charge in [0.25, 0.3) is 11.6 Å². The Kier molecular flexibility index (Phi) is 6.68. The fourth-order valence-corrected chi connectivity index (χ4v) is 3.47. The molecule has 0 atom stereocenters. The van der Waals surface area contributed by atoms with Crippen molar-refractivity contribution in [3.8, 4) is 22.8 Å². The summed E-state index contributed by atoms with van der Waals surface area (Å²) in [5.41, 5.74) is 4.73. The van der Waals surface area contributed by atoms with Crippen LogP contribution >= 0.6 is 0 Å². The van der Waals surface area contributed by atoms with Gasteiger partial charge in [0.15, 0.2) is 0 Å². The lowest BCUT2D eigenvalue weighted by Crippen LogP contribution is -2.18. The monoisotopic (exact) mass is 470 g/mol. The summed E-state index contributed by atoms with van der Waals surface area (Å²) in [7, 11) is 0. The van der Waals surface area contributed by atoms with Gasteiger partial charge < -0.3 is 9.84 Å². The van der Waals surface area contributed by atoms with Gasteiger partial charge in [-0.05, 0) is 56.3 Å². The first-order valence-corrected chi connectivity index (χ1v) is 10.8. The second kappa shape index (κ2) is 10.0. The minimum absolute atomic E-state index is 0.0550. The number of benzene rings is 3. The molecule has 35 heavy (non-hydrogen) atoms. The molecule has 1 heterocycles. The number of phenolic OH excluding ortho intramolecular Hbond substituents is 1. The number of nitro groups is 1. The molecule has 0 aliphatic rings. The number of fused-ring (bicyclic) bond motifs is 1. The van der Waals surface area contributed by atoms with Gasteiger partial charge in [-0.2, -0.15) is 5.10 Å². The van der Waals surface area contributed by atoms with Gasteiger partial charge in [-0.3, -0.25) is 14.9 Å². The number of amides is 1. The largest absolute Gasteiger partial charge is 0.507 e. The maximum absolute atomic E-state index is 13.0. The van der Waals surface area contributed by atoms with Crippen molar-refractivity contribution < 1.29 is 19.6 Å². The van der Waals surface area contributed by atoms with Crippen molar-refractivity contribution in [2.24, 2.45) is 5.10 Å². The predicted octanol–water partition coefficient (Wildman–Crippen LogP) is 5.07. The summed E-state index contributed by atoms with van der Waals surface area (Å²) in [6, 6.07) is 19.9. The van der Waals surface area contributed by atoms with E-state index in [0.717, 1.165) is 23.6 Å². The highest BCUT2D eigenvalue weighted by Crippen LogP contribution is 2.27. The van der Waals surface area contributed by atoms with Gasteiger partial charge in [0, 0.05) is 28.6 Å². The highest BCUT2D eigenvalue weighted by atomic mass is 16.6. The van der Waals surface area contributed by atoms with E-state index in [1.807, 2.05) is 56.3 Å². The number of phenols is 1. The van der Waals surface area contributed by atoms with Crippen molar-refractivity contribution in [1.29, 1.82) is 0 Å². The number of rotatable bonds is 7. The molecule has 0 saturated carbocycles. The Balaban J connectivity index is 1.63. The Bertz CT molecular complexity index is 1430. The number of carbonyl (C=O) groups is 1. The van der Waals surface area contributed by atoms with Gasteiger partial charge in [-0.1, -0.05) is 18.2 Å². The molecule has 2 N–H and O–H groups in total. The molecule has 0 unspecified atom stereocenters. The number of hydrazone groups is 1. The zero-order valence-electron chi connectivity index (χ0n) is 19.0. The van der Waals surface area contributed by atoms with Crippen LogP contribution in [0.25, 0.3) is 22.2 Å². The van der Waals surface area contributed by atoms with E-state index in [0.29, 0.717) is 22.2 Å². The van der Waals surface area contributed by atoms with E-state index in [1.165, 1.54) is 12.1 Å². The van der Waals surface area contributed by atoms with Crippen LogP contribution in [0.2, 0.25) is 0 Å². The third kappa shape index (κ3) is 5.41. The number of non-ortho nitro benzene ring substituents is 1. The van der Waals surface area contributed by atoms with E-state index in [1.54, 1.807) is 12.1 Å². The van der Waals surface area contributed by atoms with E-state index < -0.39 is 10.8 Å². The molecule has 4 rings (SSSR count). The molecular weight excluding hydrogens is 448 g/mol. The zero-order chi connectivity index (χ0) is 24.9. The highest BCUT2D eigenvalue weighted by Gasteiger charge is 2.14. The Hall–Kier alpha value is -4.79. The first kappa shape index (κ1) is 23.4. The number of nitrogens with one attached hydrogen (secondary N) is 1. The highest BCUT2D eigenvalue weighted by molar-refractivity contribution is 6.07. The lowest BCUT2D eigenvalue weighted by atomic mass is 10.0. The fraction of sp³-hybridized carbons (Fsp3) is 0.115. The molecule has 9 nitrogen and oxygen atoms in total. The van der Waals surface area contributed by atoms with Gasteiger partial charge in [0.05, 0.1) is 34.0 Å². The van der Waals surface area contributed by atoms with Crippen molar-refractivity contribution in [2.45, 2.75) is 20.0 Å². The Labute approximate surface area is 200 Å². The smallest absolute Gasteiger partial charge is 0.272 e. The summed E-state index contributed by atoms with van der Waals surface area (Å²) in [4.78, 5) is 28.1. The number of carbonyl (C=O) groups excluding carboxylic acids is 1. The van der Waals surface area contributed by atoms with Crippen molar-refractivity contribution >= 4 is 28.7 Å². The van der Waals surface area contributed by atoms with Crippen molar-refractivity contribution in [3.05, 3.63) is 94.0 Å². The molecule has 0 spiro atoms. The fourth-order valence-electron chi connectivity index (χ4n) is 3.47. The quantitative estimate of drug-likeness (QED) is 0.221. The molecular formula is C26H22N4O5. The minimum atomic E-state index is -0.582. The third-order valence-corrected chi connectivity index (χ3v) is 5.07. The molecule has 1 amide bonds. The number of hydrogen-bond acceptors (Lipinski definition) is 7. The first-order valence-electron chi connectivity index (χ1n) is 10.8. The Morgan fingerprint density at radius 3 is 2.57 bits per heavy atom. The minimum Gasteiger partial charge on any atom is -0.507 e. The molecule has 9 heteroatoms. The topological polar surface area (TPSA) is 127 Å². The summed E-state index contributed by atoms with van der Waals surface area (Å²) in [5, 5.41) is 25.4. The lowest BCUT2D eigenvalue weighted by molar-refractivity contribution is -0.384. The van der Waals surface area contributed by atoms with Gasteiger partial charge >= 0.3 is 0 Å². The van der Waals surface area contributed by atoms with Crippen molar-refractivity contribution in [1.82, 2.24) is 10.4 Å². The van der Waals surface area contributed by atoms with Crippen LogP contribution in [0.1, 0.15) is 29.8 Å². The molecule has 4 aromatic rings. The van der Waals surface area contributed by atoms with Crippen LogP contribution in [0.15, 0.2) is 77.9 Å². The summed E-state index contributed by atoms with van der Waals surface area (Å²) < 4.78 is 5.69. The van der Waals surface area contributed by atoms with E-state index >= 15 is 0 Å². The molecule has 0 saturated heterocycles. The van der Waals surface area contributed by atoms with Gasteiger partial charge in [0.1, 0.15) is 11.5 Å². The van der Waals surface area contributed by atoms with Crippen LogP contribution < -0.4 is 10.2 Å². The van der Waals surface area contributed by atoms with Crippen LogP contribution in [0.4, 0.5) is 5.69 Å². The molecule has 0 radical (unpaired) electrons. The Morgan fingerprint density at radius 1 is 1.11 bits per heavy atom. The average molecular weight is 470 g/mol. The van der Waals surface area contributed by atoms with E-state index in [-0.39, 0.29) is 23.1 Å². The van der Waals surface area contributed by atoms with Crippen LogP contribution in [0.5, 0.6) is 11.5 Å². The van der Waals surface area contributed by atoms with Crippen LogP contribution in [-0.4, -0.2) is 33.2 Å². The van der Waals surface area contributed by atoms with Crippen LogP contribution in [0, 0.1) is 10.1 Å². The average Bonchev–Trinajstić information content (AvgIpc) is 2.84. The van der Waals surface area contributed by atoms with Gasteiger partial charge in [-0.25, -0.2) is 10.4 Å². The number of para-hydroxylation sites is 1. The van der Waals surface area contributed by atoms with Crippen LogP contribution in [0.3, 0.4) is 0 Å². The number of hydrogen-bond donors (Lipinski definition) is 2. The molecule has 176 valence electrons. The number of pyridine rings is 1. The second-order valence-corrected chi connectivity index (χ2v) is 7.96. The van der Waals surface area contributed by atoms with Crippen molar-refractivity contribution in [3.63, 3.8) is 0 Å². The lowest BCUT2D eigenvalue weighted by Gasteiger charge is -2.11. The summed E-state index contributed by atoms with van der Waals surface area (Å²) >= 11 is 0. The summed E-state index contributed by atoms with van der Waals surface area (Å²) in [6.45, 7) is 3.90. The van der Waals surface area contributed by atoms with Gasteiger partial charge in [0.2, 0.25) is 0 Å². The number of aromatic nitrogens is 1. The number of ether oxygens (including phenoxy) is 1. The predicted molar refractivity (Wildman–Crippen MR) is 133 cm³/mol. The third-order valence-electron chi connectivity index (χ3n) is 5.07. The molecule has 3 aromatic carbocycles. The molecule has 0 aliphatic carbocycles. The maximum Gasteiger partial charge on any atom is 0.272 e. The van der Waals surface area contributed by atoms with E-state index in [2.05, 4.69) is 15.5 Å². The second-order valence-electron chi connectivity index (χ2n) is 7.96.